The van der Waals surface area contributed by atoms with Gasteiger partial charge < -0.3 is 34.9 Å². The number of rotatable bonds is 7. The van der Waals surface area contributed by atoms with Crippen molar-refractivity contribution < 1.29 is 39.2 Å². The second-order valence-corrected chi connectivity index (χ2v) is 12.3. The number of hydrogen-bond donors (Lipinski definition) is 3. The smallest absolute Gasteiger partial charge is 0.193 e. The molecule has 1 aliphatic heterocycles. The SMILES string of the molecule is CCCC1O[C@@H]2C[C@H]3[C@@H]4CCC5=CC(=O)C=C[C@]5(C)[C@H]4[C@@H](O)C[C@]3(C)[C@]2(C(=O)CO)O1.CCCCNC(=O)[O-]. The van der Waals surface area contributed by atoms with E-state index < -0.39 is 42.2 Å². The van der Waals surface area contributed by atoms with Gasteiger partial charge in [-0.3, -0.25) is 9.59 Å². The van der Waals surface area contributed by atoms with Crippen LogP contribution in [0.4, 0.5) is 4.79 Å². The molecule has 0 aromatic heterocycles. The van der Waals surface area contributed by atoms with Crippen molar-refractivity contribution in [3.8, 4) is 0 Å². The molecule has 0 bridgehead atoms. The van der Waals surface area contributed by atoms with Gasteiger partial charge in [0.15, 0.2) is 23.5 Å². The van der Waals surface area contributed by atoms with E-state index in [1.165, 1.54) is 0 Å². The Labute approximate surface area is 231 Å². The number of amides is 1. The minimum atomic E-state index is -1.20. The van der Waals surface area contributed by atoms with Gasteiger partial charge in [-0.25, -0.2) is 0 Å². The molecule has 3 saturated carbocycles. The fourth-order valence-corrected chi connectivity index (χ4v) is 8.49. The average Bonchev–Trinajstić information content (AvgIpc) is 3.36. The molecule has 0 radical (unpaired) electrons. The minimum Gasteiger partial charge on any atom is -0.530 e. The highest BCUT2D eigenvalue weighted by molar-refractivity contribution is 6.01. The Morgan fingerprint density at radius 3 is 2.62 bits per heavy atom. The van der Waals surface area contributed by atoms with Crippen LogP contribution in [-0.2, 0) is 19.1 Å². The van der Waals surface area contributed by atoms with Gasteiger partial charge in [0.1, 0.15) is 12.7 Å². The van der Waals surface area contributed by atoms with Gasteiger partial charge in [0.2, 0.25) is 0 Å². The van der Waals surface area contributed by atoms with Gasteiger partial charge in [-0.15, -0.1) is 0 Å². The highest BCUT2D eigenvalue weighted by Crippen LogP contribution is 2.69. The molecule has 3 N–H and O–H groups in total. The summed E-state index contributed by atoms with van der Waals surface area (Å²) in [4.78, 5) is 34.9. The first-order valence-electron chi connectivity index (χ1n) is 14.5. The van der Waals surface area contributed by atoms with Gasteiger partial charge in [-0.05, 0) is 62.5 Å². The molecular formula is C30H44NO8-. The van der Waals surface area contributed by atoms with Crippen LogP contribution in [-0.4, -0.2) is 65.1 Å². The molecule has 0 aromatic carbocycles. The summed E-state index contributed by atoms with van der Waals surface area (Å²) in [6, 6.07) is 0. The van der Waals surface area contributed by atoms with Crippen LogP contribution in [0.3, 0.4) is 0 Å². The fourth-order valence-electron chi connectivity index (χ4n) is 8.49. The van der Waals surface area contributed by atoms with Crippen molar-refractivity contribution in [1.82, 2.24) is 5.32 Å². The number of aliphatic hydroxyl groups excluding tert-OH is 2. The first-order chi connectivity index (χ1) is 18.5. The summed E-state index contributed by atoms with van der Waals surface area (Å²) in [5, 5.41) is 33.2. The molecule has 1 saturated heterocycles. The quantitative estimate of drug-likeness (QED) is 0.413. The number of carbonyl (C=O) groups excluding carboxylic acids is 3. The third-order valence-corrected chi connectivity index (χ3v) is 10.2. The second kappa shape index (κ2) is 11.4. The monoisotopic (exact) mass is 546 g/mol. The summed E-state index contributed by atoms with van der Waals surface area (Å²) in [6.07, 6.45) is 9.02. The maximum absolute atomic E-state index is 13.2. The van der Waals surface area contributed by atoms with E-state index in [1.807, 2.05) is 13.0 Å². The van der Waals surface area contributed by atoms with E-state index >= 15 is 0 Å². The number of nitrogens with one attached hydrogen (secondary N) is 1. The van der Waals surface area contributed by atoms with Crippen molar-refractivity contribution in [2.24, 2.45) is 28.6 Å². The van der Waals surface area contributed by atoms with Gasteiger partial charge in [0.25, 0.3) is 0 Å². The van der Waals surface area contributed by atoms with Gasteiger partial charge in [0, 0.05) is 23.3 Å². The highest BCUT2D eigenvalue weighted by Gasteiger charge is 2.75. The number of ether oxygens (including phenoxy) is 2. The number of allylic oxidation sites excluding steroid dienone is 4. The molecule has 9 heteroatoms. The molecule has 4 fully saturated rings. The summed E-state index contributed by atoms with van der Waals surface area (Å²) in [6.45, 7) is 8.18. The molecule has 5 aliphatic rings. The second-order valence-electron chi connectivity index (χ2n) is 12.3. The molecule has 0 aromatic rings. The topological polar surface area (TPSA) is 145 Å². The lowest BCUT2D eigenvalue weighted by Gasteiger charge is -2.59. The van der Waals surface area contributed by atoms with E-state index in [2.05, 4.69) is 26.1 Å². The molecule has 218 valence electrons. The Kier molecular flexibility index (Phi) is 8.76. The van der Waals surface area contributed by atoms with E-state index in [4.69, 9.17) is 9.47 Å². The Morgan fingerprint density at radius 1 is 1.23 bits per heavy atom. The molecule has 1 heterocycles. The molecule has 5 rings (SSSR count). The Balaban J connectivity index is 0.000000386. The minimum absolute atomic E-state index is 0.0125. The predicted octanol–water partition coefficient (Wildman–Crippen LogP) is 2.44. The number of unbranched alkanes of at least 4 members (excludes halogenated alkanes) is 1. The number of ketones is 2. The zero-order chi connectivity index (χ0) is 28.6. The third-order valence-electron chi connectivity index (χ3n) is 10.2. The molecule has 39 heavy (non-hydrogen) atoms. The first kappa shape index (κ1) is 29.9. The summed E-state index contributed by atoms with van der Waals surface area (Å²) >= 11 is 0. The van der Waals surface area contributed by atoms with E-state index in [-0.39, 0.29) is 34.7 Å². The van der Waals surface area contributed by atoms with Crippen LogP contribution in [0.2, 0.25) is 0 Å². The molecule has 9 atom stereocenters. The fraction of sp³-hybridized carbons (Fsp3) is 0.767. The van der Waals surface area contributed by atoms with Crippen LogP contribution in [0.15, 0.2) is 23.8 Å². The first-order valence-corrected chi connectivity index (χ1v) is 14.5. The van der Waals surface area contributed by atoms with Crippen LogP contribution in [0.1, 0.15) is 79.1 Å². The molecular weight excluding hydrogens is 502 g/mol. The highest BCUT2D eigenvalue weighted by atomic mass is 16.7. The van der Waals surface area contributed by atoms with E-state index in [9.17, 15) is 29.7 Å². The predicted molar refractivity (Wildman–Crippen MR) is 141 cm³/mol. The Bertz CT molecular complexity index is 1020. The number of carboxylic acid groups (broad SMARTS) is 1. The molecule has 9 nitrogen and oxygen atoms in total. The van der Waals surface area contributed by atoms with Crippen LogP contribution < -0.4 is 10.4 Å². The standard InChI is InChI=1S/C25H34O6.C5H11NO2/c1-4-5-21-30-20-11-17-16-7-6-14-10-15(27)8-9-23(14,2)22(16)18(28)12-24(17,3)25(20,31-21)19(29)13-26;1-2-3-4-6-5(7)8/h8-10,16-18,20-22,26,28H,4-7,11-13H2,1-3H3;6H,2-4H2,1H3,(H,7,8)/p-1/t16-,17-,18-,20+,21?,22+,23-,24-,25+;/m0./s1. The van der Waals surface area contributed by atoms with Crippen LogP contribution >= 0.6 is 0 Å². The Hall–Kier alpha value is -2.07. The van der Waals surface area contributed by atoms with Crippen molar-refractivity contribution in [3.63, 3.8) is 0 Å². The largest absolute Gasteiger partial charge is 0.530 e. The average molecular weight is 547 g/mol. The third kappa shape index (κ3) is 4.89. The van der Waals surface area contributed by atoms with Gasteiger partial charge in [0.05, 0.1) is 12.2 Å². The number of Topliss-reactive ketones (excluding diaryl/α,β-unsaturated/α-hetero) is 1. The number of carbonyl (C=O) groups is 3. The lowest BCUT2D eigenvalue weighted by molar-refractivity contribution is -0.250. The number of aliphatic hydroxyl groups is 2. The van der Waals surface area contributed by atoms with E-state index in [0.717, 1.165) is 37.7 Å². The van der Waals surface area contributed by atoms with Crippen molar-refractivity contribution >= 4 is 17.7 Å². The van der Waals surface area contributed by atoms with Gasteiger partial charge in [-0.1, -0.05) is 52.2 Å². The van der Waals surface area contributed by atoms with Crippen LogP contribution in [0.25, 0.3) is 0 Å². The Morgan fingerprint density at radius 2 is 1.97 bits per heavy atom. The maximum Gasteiger partial charge on any atom is 0.193 e. The zero-order valence-electron chi connectivity index (χ0n) is 23.6. The summed E-state index contributed by atoms with van der Waals surface area (Å²) < 4.78 is 12.7. The van der Waals surface area contributed by atoms with E-state index in [1.54, 1.807) is 12.2 Å². The molecule has 4 aliphatic carbocycles. The zero-order valence-corrected chi connectivity index (χ0v) is 23.6. The summed E-state index contributed by atoms with van der Waals surface area (Å²) in [7, 11) is 0. The summed E-state index contributed by atoms with van der Waals surface area (Å²) in [5.74, 6) is 0.0274. The van der Waals surface area contributed by atoms with E-state index in [0.29, 0.717) is 25.8 Å². The van der Waals surface area contributed by atoms with Crippen molar-refractivity contribution in [1.29, 1.82) is 0 Å². The number of hydrogen-bond acceptors (Lipinski definition) is 8. The molecule has 1 unspecified atom stereocenters. The van der Waals surface area contributed by atoms with Gasteiger partial charge >= 0.3 is 0 Å². The summed E-state index contributed by atoms with van der Waals surface area (Å²) in [5.41, 5.74) is -1.05. The lowest BCUT2D eigenvalue weighted by Crippen LogP contribution is -2.63. The maximum atomic E-state index is 13.2. The van der Waals surface area contributed by atoms with Crippen LogP contribution in [0, 0.1) is 28.6 Å². The van der Waals surface area contributed by atoms with Gasteiger partial charge in [-0.2, -0.15) is 0 Å². The van der Waals surface area contributed by atoms with Crippen molar-refractivity contribution in [3.05, 3.63) is 23.8 Å². The lowest BCUT2D eigenvalue weighted by atomic mass is 9.46. The van der Waals surface area contributed by atoms with Crippen molar-refractivity contribution in [2.75, 3.05) is 13.2 Å². The van der Waals surface area contributed by atoms with Crippen molar-refractivity contribution in [2.45, 2.75) is 103 Å². The molecule has 0 spiro atoms. The molecule has 1 amide bonds. The van der Waals surface area contributed by atoms with Crippen LogP contribution in [0.5, 0.6) is 0 Å². The number of fused-ring (bicyclic) bond motifs is 7. The normalized spacial score (nSPS) is 41.8.